The van der Waals surface area contributed by atoms with Crippen molar-refractivity contribution in [3.8, 4) is 17.2 Å². The van der Waals surface area contributed by atoms with Crippen LogP contribution in [0.25, 0.3) is 11.0 Å². The summed E-state index contributed by atoms with van der Waals surface area (Å²) in [5, 5.41) is 0.362. The summed E-state index contributed by atoms with van der Waals surface area (Å²) in [5.41, 5.74) is 6.33. The van der Waals surface area contributed by atoms with Crippen molar-refractivity contribution in [2.45, 2.75) is 26.7 Å². The highest BCUT2D eigenvalue weighted by Gasteiger charge is 2.15. The zero-order chi connectivity index (χ0) is 19.6. The van der Waals surface area contributed by atoms with Gasteiger partial charge in [-0.3, -0.25) is 9.59 Å². The Kier molecular flexibility index (Phi) is 5.16. The van der Waals surface area contributed by atoms with Crippen LogP contribution in [0.15, 0.2) is 51.7 Å². The molecule has 1 heterocycles. The summed E-state index contributed by atoms with van der Waals surface area (Å²) in [4.78, 5) is 23.6. The van der Waals surface area contributed by atoms with Crippen molar-refractivity contribution in [1.29, 1.82) is 0 Å². The van der Waals surface area contributed by atoms with E-state index in [4.69, 9.17) is 19.6 Å². The van der Waals surface area contributed by atoms with Crippen molar-refractivity contribution in [2.24, 2.45) is 5.73 Å². The van der Waals surface area contributed by atoms with Gasteiger partial charge in [-0.05, 0) is 42.7 Å². The van der Waals surface area contributed by atoms with E-state index in [1.807, 2.05) is 24.3 Å². The Morgan fingerprint density at radius 3 is 2.41 bits per heavy atom. The number of hydrogen-bond acceptors (Lipinski definition) is 5. The van der Waals surface area contributed by atoms with E-state index in [0.717, 1.165) is 0 Å². The zero-order valence-corrected chi connectivity index (χ0v) is 15.4. The maximum Gasteiger partial charge on any atom is 0.255 e. The molecule has 0 spiro atoms. The first kappa shape index (κ1) is 18.5. The van der Waals surface area contributed by atoms with Gasteiger partial charge in [0.1, 0.15) is 22.8 Å². The summed E-state index contributed by atoms with van der Waals surface area (Å²) in [6.07, 6.45) is 0. The Labute approximate surface area is 156 Å². The Morgan fingerprint density at radius 2 is 1.78 bits per heavy atom. The molecule has 27 heavy (non-hydrogen) atoms. The first-order chi connectivity index (χ1) is 12.8. The van der Waals surface area contributed by atoms with Crippen LogP contribution in [0.4, 0.5) is 0 Å². The van der Waals surface area contributed by atoms with Crippen LogP contribution >= 0.6 is 0 Å². The second-order valence-electron chi connectivity index (χ2n) is 6.56. The van der Waals surface area contributed by atoms with E-state index >= 15 is 0 Å². The lowest BCUT2D eigenvalue weighted by Gasteiger charge is -2.11. The van der Waals surface area contributed by atoms with Gasteiger partial charge in [-0.25, -0.2) is 0 Å². The highest BCUT2D eigenvalue weighted by Crippen LogP contribution is 2.28. The molecule has 0 bridgehead atoms. The molecule has 3 rings (SSSR count). The molecule has 3 aromatic rings. The molecular weight excluding hydrogens is 346 g/mol. The average Bonchev–Trinajstić information content (AvgIpc) is 2.63. The van der Waals surface area contributed by atoms with Crippen LogP contribution in [0.2, 0.25) is 0 Å². The lowest BCUT2D eigenvalue weighted by Crippen LogP contribution is -2.20. The molecule has 0 saturated carbocycles. The largest absolute Gasteiger partial charge is 0.484 e. The second kappa shape index (κ2) is 7.53. The highest BCUT2D eigenvalue weighted by atomic mass is 16.5. The van der Waals surface area contributed by atoms with Crippen LogP contribution in [0.5, 0.6) is 17.2 Å². The molecule has 0 radical (unpaired) electrons. The number of rotatable bonds is 6. The molecule has 0 aliphatic carbocycles. The molecule has 6 heteroatoms. The smallest absolute Gasteiger partial charge is 0.255 e. The molecule has 2 aromatic carbocycles. The number of hydrogen-bond donors (Lipinski definition) is 1. The number of carbonyl (C=O) groups is 1. The average molecular weight is 367 g/mol. The van der Waals surface area contributed by atoms with Gasteiger partial charge in [-0.15, -0.1) is 0 Å². The van der Waals surface area contributed by atoms with Gasteiger partial charge in [0.2, 0.25) is 11.2 Å². The Morgan fingerprint density at radius 1 is 1.11 bits per heavy atom. The normalized spacial score (nSPS) is 11.0. The van der Waals surface area contributed by atoms with Crippen molar-refractivity contribution in [1.82, 2.24) is 0 Å². The molecule has 1 amide bonds. The number of ether oxygens (including phenoxy) is 2. The molecular formula is C21H21NO5. The maximum absolute atomic E-state index is 12.8. The number of nitrogens with two attached hydrogens (primary N) is 1. The van der Waals surface area contributed by atoms with E-state index in [1.165, 1.54) is 5.56 Å². The SMILES string of the molecule is Cc1oc2cc(OCC(N)=O)ccc2c(=O)c1Oc1ccc(C(C)C)cc1. The number of aryl methyl sites for hydroxylation is 1. The van der Waals surface area contributed by atoms with E-state index in [-0.39, 0.29) is 17.8 Å². The fraction of sp³-hybridized carbons (Fsp3) is 0.238. The molecule has 0 atom stereocenters. The third kappa shape index (κ3) is 4.11. The van der Waals surface area contributed by atoms with Crippen LogP contribution in [0.3, 0.4) is 0 Å². The van der Waals surface area contributed by atoms with Gasteiger partial charge in [0.25, 0.3) is 5.91 Å². The molecule has 6 nitrogen and oxygen atoms in total. The summed E-state index contributed by atoms with van der Waals surface area (Å²) in [5.74, 6) is 1.29. The van der Waals surface area contributed by atoms with Gasteiger partial charge in [0, 0.05) is 6.07 Å². The molecule has 0 aliphatic rings. The van der Waals surface area contributed by atoms with Crippen LogP contribution in [-0.2, 0) is 4.79 Å². The second-order valence-corrected chi connectivity index (χ2v) is 6.56. The Hall–Kier alpha value is -3.28. The van der Waals surface area contributed by atoms with Crippen molar-refractivity contribution < 1.29 is 18.7 Å². The van der Waals surface area contributed by atoms with E-state index in [9.17, 15) is 9.59 Å². The predicted molar refractivity (Wildman–Crippen MR) is 103 cm³/mol. The number of benzene rings is 2. The quantitative estimate of drug-likeness (QED) is 0.714. The van der Waals surface area contributed by atoms with Crippen molar-refractivity contribution in [2.75, 3.05) is 6.61 Å². The van der Waals surface area contributed by atoms with Gasteiger partial charge in [-0.1, -0.05) is 26.0 Å². The summed E-state index contributed by atoms with van der Waals surface area (Å²) in [7, 11) is 0. The van der Waals surface area contributed by atoms with Gasteiger partial charge >= 0.3 is 0 Å². The monoisotopic (exact) mass is 367 g/mol. The van der Waals surface area contributed by atoms with Crippen molar-refractivity contribution in [3.63, 3.8) is 0 Å². The summed E-state index contributed by atoms with van der Waals surface area (Å²) in [6, 6.07) is 12.3. The summed E-state index contributed by atoms with van der Waals surface area (Å²) < 4.78 is 16.8. The molecule has 0 saturated heterocycles. The third-order valence-corrected chi connectivity index (χ3v) is 4.13. The van der Waals surface area contributed by atoms with Gasteiger partial charge < -0.3 is 19.6 Å². The number of carbonyl (C=O) groups excluding carboxylic acids is 1. The van der Waals surface area contributed by atoms with Crippen LogP contribution in [0.1, 0.15) is 31.1 Å². The highest BCUT2D eigenvalue weighted by molar-refractivity contribution is 5.80. The van der Waals surface area contributed by atoms with Gasteiger partial charge in [-0.2, -0.15) is 0 Å². The minimum absolute atomic E-state index is 0.144. The Balaban J connectivity index is 1.93. The lowest BCUT2D eigenvalue weighted by atomic mass is 10.0. The van der Waals surface area contributed by atoms with Gasteiger partial charge in [0.15, 0.2) is 6.61 Å². The molecule has 0 aliphatic heterocycles. The fourth-order valence-corrected chi connectivity index (χ4v) is 2.67. The minimum atomic E-state index is -0.583. The minimum Gasteiger partial charge on any atom is -0.484 e. The number of amides is 1. The van der Waals surface area contributed by atoms with Crippen LogP contribution in [-0.4, -0.2) is 12.5 Å². The molecule has 140 valence electrons. The van der Waals surface area contributed by atoms with Crippen LogP contribution < -0.4 is 20.6 Å². The fourth-order valence-electron chi connectivity index (χ4n) is 2.67. The topological polar surface area (TPSA) is 91.8 Å². The third-order valence-electron chi connectivity index (χ3n) is 4.13. The van der Waals surface area contributed by atoms with Gasteiger partial charge in [0.05, 0.1) is 5.39 Å². The maximum atomic E-state index is 12.8. The molecule has 0 unspecified atom stereocenters. The lowest BCUT2D eigenvalue weighted by molar-refractivity contribution is -0.119. The number of fused-ring (bicyclic) bond motifs is 1. The Bertz CT molecular complexity index is 1030. The van der Waals surface area contributed by atoms with E-state index in [1.54, 1.807) is 25.1 Å². The first-order valence-corrected chi connectivity index (χ1v) is 8.61. The van der Waals surface area contributed by atoms with Crippen molar-refractivity contribution >= 4 is 16.9 Å². The van der Waals surface area contributed by atoms with E-state index in [0.29, 0.717) is 34.1 Å². The summed E-state index contributed by atoms with van der Waals surface area (Å²) >= 11 is 0. The van der Waals surface area contributed by atoms with Crippen LogP contribution in [0, 0.1) is 6.92 Å². The molecule has 1 aromatic heterocycles. The van der Waals surface area contributed by atoms with E-state index < -0.39 is 5.91 Å². The standard InChI is InChI=1S/C21H21NO5/c1-12(2)14-4-6-15(7-5-14)27-21-13(3)26-18-10-16(25-11-19(22)23)8-9-17(18)20(21)24/h4-10,12H,11H2,1-3H3,(H2,22,23). The predicted octanol–water partition coefficient (Wildman–Crippen LogP) is 3.88. The molecule has 2 N–H and O–H groups in total. The van der Waals surface area contributed by atoms with E-state index in [2.05, 4.69) is 13.8 Å². The first-order valence-electron chi connectivity index (χ1n) is 8.61. The summed E-state index contributed by atoms with van der Waals surface area (Å²) in [6.45, 7) is 5.64. The number of primary amides is 1. The zero-order valence-electron chi connectivity index (χ0n) is 15.4. The van der Waals surface area contributed by atoms with Crippen molar-refractivity contribution in [3.05, 3.63) is 64.0 Å². The molecule has 0 fully saturated rings.